The van der Waals surface area contributed by atoms with Crippen LogP contribution in [-0.2, 0) is 13.0 Å². The second-order valence-electron chi connectivity index (χ2n) is 4.66. The number of aromatic nitrogens is 2. The Morgan fingerprint density at radius 3 is 2.63 bits per heavy atom. The van der Waals surface area contributed by atoms with E-state index < -0.39 is 0 Å². The third-order valence-electron chi connectivity index (χ3n) is 2.74. The van der Waals surface area contributed by atoms with Crippen molar-refractivity contribution in [2.75, 3.05) is 5.32 Å². The van der Waals surface area contributed by atoms with E-state index in [2.05, 4.69) is 48.2 Å². The molecular formula is C14H18ClN3S. The van der Waals surface area contributed by atoms with Crippen molar-refractivity contribution < 1.29 is 0 Å². The number of thiophene rings is 1. The van der Waals surface area contributed by atoms with E-state index in [-0.39, 0.29) is 5.92 Å². The Kier molecular flexibility index (Phi) is 4.77. The molecule has 2 heterocycles. The molecule has 0 aliphatic heterocycles. The second kappa shape index (κ2) is 6.35. The third kappa shape index (κ3) is 3.91. The Balaban J connectivity index is 2.06. The molecule has 5 heteroatoms. The normalized spacial score (nSPS) is 11.0. The molecular weight excluding hydrogens is 278 g/mol. The Labute approximate surface area is 123 Å². The van der Waals surface area contributed by atoms with Crippen molar-refractivity contribution in [3.8, 4) is 0 Å². The Morgan fingerprint density at radius 1 is 1.26 bits per heavy atom. The maximum absolute atomic E-state index is 6.01. The summed E-state index contributed by atoms with van der Waals surface area (Å²) in [6, 6.07) is 6.10. The molecule has 2 aromatic rings. The average molecular weight is 296 g/mol. The highest BCUT2D eigenvalue weighted by Gasteiger charge is 2.07. The molecule has 0 radical (unpaired) electrons. The Bertz CT molecular complexity index is 551. The number of rotatable bonds is 5. The number of anilines is 1. The second-order valence-corrected chi connectivity index (χ2v) is 6.30. The number of nitrogens with one attached hydrogen (secondary N) is 1. The van der Waals surface area contributed by atoms with Crippen LogP contribution in [0.1, 0.15) is 42.3 Å². The van der Waals surface area contributed by atoms with Gasteiger partial charge in [0.2, 0.25) is 0 Å². The molecule has 0 aliphatic carbocycles. The molecule has 0 bridgehead atoms. The van der Waals surface area contributed by atoms with E-state index in [1.165, 1.54) is 9.75 Å². The third-order valence-corrected chi connectivity index (χ3v) is 4.16. The smallest absolute Gasteiger partial charge is 0.135 e. The molecule has 1 N–H and O–H groups in total. The molecule has 102 valence electrons. The van der Waals surface area contributed by atoms with Crippen molar-refractivity contribution in [3.05, 3.63) is 38.9 Å². The van der Waals surface area contributed by atoms with E-state index >= 15 is 0 Å². The van der Waals surface area contributed by atoms with Gasteiger partial charge in [-0.15, -0.1) is 11.3 Å². The zero-order chi connectivity index (χ0) is 13.8. The minimum absolute atomic E-state index is 0.271. The monoisotopic (exact) mass is 295 g/mol. The van der Waals surface area contributed by atoms with Crippen LogP contribution >= 0.6 is 22.9 Å². The lowest BCUT2D eigenvalue weighted by Gasteiger charge is -2.08. The number of halogens is 1. The summed E-state index contributed by atoms with van der Waals surface area (Å²) in [6.07, 6.45) is 1.08. The fraction of sp³-hybridized carbons (Fsp3) is 0.429. The summed E-state index contributed by atoms with van der Waals surface area (Å²) in [6.45, 7) is 7.06. The van der Waals surface area contributed by atoms with Crippen molar-refractivity contribution in [3.63, 3.8) is 0 Å². The lowest BCUT2D eigenvalue weighted by molar-refractivity contribution is 0.774. The maximum Gasteiger partial charge on any atom is 0.135 e. The summed E-state index contributed by atoms with van der Waals surface area (Å²) in [5.41, 5.74) is 0. The van der Waals surface area contributed by atoms with Gasteiger partial charge in [-0.2, -0.15) is 0 Å². The Hall–Kier alpha value is -1.13. The highest BCUT2D eigenvalue weighted by molar-refractivity contribution is 7.12. The first-order valence-electron chi connectivity index (χ1n) is 6.44. The van der Waals surface area contributed by atoms with Gasteiger partial charge in [0.1, 0.15) is 16.8 Å². The molecule has 0 amide bonds. The van der Waals surface area contributed by atoms with Gasteiger partial charge in [0.25, 0.3) is 0 Å². The van der Waals surface area contributed by atoms with Crippen molar-refractivity contribution in [2.24, 2.45) is 0 Å². The van der Waals surface area contributed by atoms with E-state index in [4.69, 9.17) is 11.6 Å². The number of aryl methyl sites for hydroxylation is 1. The van der Waals surface area contributed by atoms with Crippen LogP contribution in [-0.4, -0.2) is 9.97 Å². The van der Waals surface area contributed by atoms with Gasteiger partial charge in [0.15, 0.2) is 0 Å². The van der Waals surface area contributed by atoms with Gasteiger partial charge >= 0.3 is 0 Å². The molecule has 3 nitrogen and oxygen atoms in total. The SMILES string of the molecule is CCc1ccc(CNc2cc(Cl)nc(C(C)C)n2)s1. The van der Waals surface area contributed by atoms with Crippen molar-refractivity contribution >= 4 is 28.8 Å². The summed E-state index contributed by atoms with van der Waals surface area (Å²) < 4.78 is 0. The lowest BCUT2D eigenvalue weighted by atomic mass is 10.2. The van der Waals surface area contributed by atoms with Crippen molar-refractivity contribution in [1.82, 2.24) is 9.97 Å². The van der Waals surface area contributed by atoms with Gasteiger partial charge in [-0.1, -0.05) is 32.4 Å². The van der Waals surface area contributed by atoms with Crippen LogP contribution in [0.2, 0.25) is 5.15 Å². The first kappa shape index (κ1) is 14.3. The summed E-state index contributed by atoms with van der Waals surface area (Å²) >= 11 is 7.84. The maximum atomic E-state index is 6.01. The number of hydrogen-bond acceptors (Lipinski definition) is 4. The first-order chi connectivity index (χ1) is 9.08. The molecule has 19 heavy (non-hydrogen) atoms. The predicted octanol–water partition coefficient (Wildman–Crippen LogP) is 4.49. The molecule has 0 atom stereocenters. The Morgan fingerprint density at radius 2 is 2.00 bits per heavy atom. The number of hydrogen-bond donors (Lipinski definition) is 1. The quantitative estimate of drug-likeness (QED) is 0.826. The summed E-state index contributed by atoms with van der Waals surface area (Å²) in [4.78, 5) is 11.4. The zero-order valence-corrected chi connectivity index (χ0v) is 13.0. The molecule has 0 aliphatic rings. The minimum atomic E-state index is 0.271. The highest BCUT2D eigenvalue weighted by atomic mass is 35.5. The molecule has 0 fully saturated rings. The average Bonchev–Trinajstić information content (AvgIpc) is 2.83. The van der Waals surface area contributed by atoms with Crippen molar-refractivity contribution in [2.45, 2.75) is 39.7 Å². The van der Waals surface area contributed by atoms with Gasteiger partial charge in [-0.25, -0.2) is 9.97 Å². The molecule has 2 aromatic heterocycles. The van der Waals surface area contributed by atoms with E-state index in [0.717, 1.165) is 24.6 Å². The fourth-order valence-electron chi connectivity index (χ4n) is 1.67. The molecule has 0 spiro atoms. The fourth-order valence-corrected chi connectivity index (χ4v) is 2.76. The van der Waals surface area contributed by atoms with Crippen LogP contribution < -0.4 is 5.32 Å². The van der Waals surface area contributed by atoms with E-state index in [1.807, 2.05) is 11.3 Å². The topological polar surface area (TPSA) is 37.8 Å². The van der Waals surface area contributed by atoms with Gasteiger partial charge in [-0.05, 0) is 18.6 Å². The lowest BCUT2D eigenvalue weighted by Crippen LogP contribution is -2.04. The van der Waals surface area contributed by atoms with Crippen LogP contribution in [0.5, 0.6) is 0 Å². The van der Waals surface area contributed by atoms with Crippen LogP contribution in [0.15, 0.2) is 18.2 Å². The van der Waals surface area contributed by atoms with E-state index in [1.54, 1.807) is 6.07 Å². The molecule has 0 saturated heterocycles. The molecule has 0 aromatic carbocycles. The highest BCUT2D eigenvalue weighted by Crippen LogP contribution is 2.20. The van der Waals surface area contributed by atoms with Gasteiger partial charge in [0.05, 0.1) is 6.54 Å². The summed E-state index contributed by atoms with van der Waals surface area (Å²) in [5, 5.41) is 3.80. The van der Waals surface area contributed by atoms with E-state index in [0.29, 0.717) is 5.15 Å². The number of nitrogens with zero attached hydrogens (tertiary/aromatic N) is 2. The first-order valence-corrected chi connectivity index (χ1v) is 7.64. The predicted molar refractivity (Wildman–Crippen MR) is 82.2 cm³/mol. The summed E-state index contributed by atoms with van der Waals surface area (Å²) in [7, 11) is 0. The van der Waals surface area contributed by atoms with Gasteiger partial charge < -0.3 is 5.32 Å². The van der Waals surface area contributed by atoms with E-state index in [9.17, 15) is 0 Å². The van der Waals surface area contributed by atoms with Gasteiger partial charge in [-0.3, -0.25) is 0 Å². The zero-order valence-electron chi connectivity index (χ0n) is 11.4. The largest absolute Gasteiger partial charge is 0.365 e. The minimum Gasteiger partial charge on any atom is -0.365 e. The van der Waals surface area contributed by atoms with Crippen LogP contribution in [0.25, 0.3) is 0 Å². The van der Waals surface area contributed by atoms with Gasteiger partial charge in [0, 0.05) is 21.7 Å². The standard InChI is InChI=1S/C14H18ClN3S/c1-4-10-5-6-11(19-10)8-16-13-7-12(15)17-14(18-13)9(2)3/h5-7,9H,4,8H2,1-3H3,(H,16,17,18). The van der Waals surface area contributed by atoms with Crippen LogP contribution in [0.4, 0.5) is 5.82 Å². The molecule has 0 saturated carbocycles. The summed E-state index contributed by atoms with van der Waals surface area (Å²) in [5.74, 6) is 1.83. The molecule has 2 rings (SSSR count). The molecule has 0 unspecified atom stereocenters. The van der Waals surface area contributed by atoms with Crippen molar-refractivity contribution in [1.29, 1.82) is 0 Å². The van der Waals surface area contributed by atoms with Crippen LogP contribution in [0.3, 0.4) is 0 Å². The van der Waals surface area contributed by atoms with Crippen LogP contribution in [0, 0.1) is 0 Å².